The molecule has 0 bridgehead atoms. The van der Waals surface area contributed by atoms with Crippen LogP contribution >= 0.6 is 0 Å². The molecule has 0 aromatic rings. The smallest absolute Gasteiger partial charge is 0.308 e. The maximum absolute atomic E-state index is 13.4. The molecule has 0 heterocycles. The van der Waals surface area contributed by atoms with E-state index in [1.54, 1.807) is 19.1 Å². The fraction of sp³-hybridized carbons (Fsp3) is 0.811. The Morgan fingerprint density at radius 2 is 1.64 bits per heavy atom. The van der Waals surface area contributed by atoms with Crippen LogP contribution in [0.2, 0.25) is 0 Å². The van der Waals surface area contributed by atoms with E-state index in [0.29, 0.717) is 30.4 Å². The Bertz CT molecular complexity index is 1170. The summed E-state index contributed by atoms with van der Waals surface area (Å²) >= 11 is 0. The van der Waals surface area contributed by atoms with E-state index in [-0.39, 0.29) is 37.5 Å². The lowest BCUT2D eigenvalue weighted by Gasteiger charge is -2.50. The highest BCUT2D eigenvalue weighted by Crippen LogP contribution is 2.77. The molecule has 0 spiro atoms. The summed E-state index contributed by atoms with van der Waals surface area (Å²) in [5.74, 6) is -3.76. The van der Waals surface area contributed by atoms with Crippen molar-refractivity contribution in [3.05, 3.63) is 23.3 Å². The van der Waals surface area contributed by atoms with Crippen molar-refractivity contribution >= 4 is 17.7 Å². The van der Waals surface area contributed by atoms with E-state index in [1.165, 1.54) is 38.5 Å². The quantitative estimate of drug-likeness (QED) is 0.108. The number of rotatable bonds is 16. The molecule has 4 aliphatic rings. The zero-order valence-corrected chi connectivity index (χ0v) is 28.5. The zero-order chi connectivity index (χ0) is 33.2. The molecule has 8 heteroatoms. The molecule has 0 aromatic heterocycles. The van der Waals surface area contributed by atoms with Crippen LogP contribution in [0.25, 0.3) is 0 Å². The summed E-state index contributed by atoms with van der Waals surface area (Å²) in [5.41, 5.74) is -4.33. The second-order valence-electron chi connectivity index (χ2n) is 15.0. The van der Waals surface area contributed by atoms with Crippen LogP contribution in [0.15, 0.2) is 23.3 Å². The van der Waals surface area contributed by atoms with Crippen molar-refractivity contribution in [2.45, 2.75) is 142 Å². The first-order valence-electron chi connectivity index (χ1n) is 17.6. The van der Waals surface area contributed by atoms with Crippen molar-refractivity contribution in [3.63, 3.8) is 0 Å². The van der Waals surface area contributed by atoms with Gasteiger partial charge in [-0.1, -0.05) is 98.1 Å². The fourth-order valence-electron chi connectivity index (χ4n) is 8.98. The van der Waals surface area contributed by atoms with Gasteiger partial charge in [0.25, 0.3) is 0 Å². The SMILES string of the molecule is CCCCCCCCCCCC(=O)O[C@@]12C[C@@H](C)[C@@]3(O)[C@@H](C=C(CO)C[C@]4(O)C(=O)C(C)=C[C@@H]34)[C@@H]1[C@@]2(C)COC(=O)C(C)CC. The summed E-state index contributed by atoms with van der Waals surface area (Å²) in [7, 11) is 0. The molecule has 45 heavy (non-hydrogen) atoms. The van der Waals surface area contributed by atoms with Crippen LogP contribution in [0, 0.1) is 35.0 Å². The van der Waals surface area contributed by atoms with Crippen molar-refractivity contribution in [1.29, 1.82) is 0 Å². The minimum atomic E-state index is -1.86. The van der Waals surface area contributed by atoms with Crippen LogP contribution < -0.4 is 0 Å². The Labute approximate surface area is 270 Å². The van der Waals surface area contributed by atoms with Crippen LogP contribution in [0.3, 0.4) is 0 Å². The Balaban J connectivity index is 1.57. The highest BCUT2D eigenvalue weighted by molar-refractivity contribution is 6.04. The standard InChI is InChI=1S/C37H58O8/c1-7-9-10-11-12-13-14-15-16-17-30(39)45-36-20-26(5)37(43)28(31(36)34(36,6)23-44-33(41)24(3)8-2)19-27(22-38)21-35(42)29(37)18-25(4)32(35)40/h18-19,24,26,28-29,31,38,42-43H,7-17,20-23H2,1-6H3/t24?,26-,28+,29-,31-,34-,35-,36+,37-/m1/s1. The molecule has 1 unspecified atom stereocenters. The summed E-state index contributed by atoms with van der Waals surface area (Å²) in [4.78, 5) is 39.5. The third kappa shape index (κ3) is 6.32. The summed E-state index contributed by atoms with van der Waals surface area (Å²) in [5, 5.41) is 34.8. The lowest BCUT2D eigenvalue weighted by molar-refractivity contribution is -0.187. The van der Waals surface area contributed by atoms with Crippen LogP contribution in [0.4, 0.5) is 0 Å². The third-order valence-corrected chi connectivity index (χ3v) is 12.0. The van der Waals surface area contributed by atoms with E-state index in [2.05, 4.69) is 6.92 Å². The van der Waals surface area contributed by atoms with Gasteiger partial charge in [-0.15, -0.1) is 0 Å². The molecule has 0 amide bonds. The Kier molecular flexibility index (Phi) is 11.1. The highest BCUT2D eigenvalue weighted by Gasteiger charge is 2.85. The number of hydrogen-bond donors (Lipinski definition) is 3. The fourth-order valence-corrected chi connectivity index (χ4v) is 8.98. The average Bonchev–Trinajstić information content (AvgIpc) is 3.45. The minimum Gasteiger partial charge on any atom is -0.465 e. The summed E-state index contributed by atoms with van der Waals surface area (Å²) < 4.78 is 12.3. The Hall–Kier alpha value is -2.03. The molecule has 0 aliphatic heterocycles. The number of hydrogen-bond acceptors (Lipinski definition) is 8. The molecule has 9 atom stereocenters. The predicted molar refractivity (Wildman–Crippen MR) is 172 cm³/mol. The van der Waals surface area contributed by atoms with Gasteiger partial charge in [-0.3, -0.25) is 14.4 Å². The van der Waals surface area contributed by atoms with Crippen molar-refractivity contribution in [1.82, 2.24) is 0 Å². The van der Waals surface area contributed by atoms with Crippen molar-refractivity contribution in [3.8, 4) is 0 Å². The molecule has 3 N–H and O–H groups in total. The first kappa shape index (κ1) is 35.8. The van der Waals surface area contributed by atoms with Gasteiger partial charge >= 0.3 is 11.9 Å². The number of unbranched alkanes of at least 4 members (excludes halogenated alkanes) is 8. The van der Waals surface area contributed by atoms with E-state index in [4.69, 9.17) is 9.47 Å². The lowest BCUT2D eigenvalue weighted by Crippen LogP contribution is -2.61. The number of Topliss-reactive ketones (excluding diaryl/α,β-unsaturated/α-hetero) is 1. The Morgan fingerprint density at radius 1 is 1.02 bits per heavy atom. The molecule has 4 rings (SSSR count). The second kappa shape index (κ2) is 14.0. The largest absolute Gasteiger partial charge is 0.465 e. The van der Waals surface area contributed by atoms with Crippen molar-refractivity contribution in [2.24, 2.45) is 35.0 Å². The molecule has 254 valence electrons. The molecule has 2 fully saturated rings. The van der Waals surface area contributed by atoms with Gasteiger partial charge in [-0.05, 0) is 43.3 Å². The number of carbonyl (C=O) groups excluding carboxylic acids is 3. The van der Waals surface area contributed by atoms with Gasteiger partial charge in [-0.25, -0.2) is 0 Å². The molecule has 0 saturated heterocycles. The van der Waals surface area contributed by atoms with E-state index in [1.807, 2.05) is 27.7 Å². The molecular weight excluding hydrogens is 572 g/mol. The highest BCUT2D eigenvalue weighted by atomic mass is 16.6. The summed E-state index contributed by atoms with van der Waals surface area (Å²) in [6, 6.07) is 0. The molecule has 4 aliphatic carbocycles. The molecule has 0 aromatic carbocycles. The molecular formula is C37H58O8. The van der Waals surface area contributed by atoms with Gasteiger partial charge in [0.15, 0.2) is 5.78 Å². The zero-order valence-electron chi connectivity index (χ0n) is 28.5. The molecule has 8 nitrogen and oxygen atoms in total. The van der Waals surface area contributed by atoms with Gasteiger partial charge in [0.2, 0.25) is 0 Å². The van der Waals surface area contributed by atoms with Crippen LogP contribution in [-0.2, 0) is 23.9 Å². The summed E-state index contributed by atoms with van der Waals surface area (Å²) in [6.07, 6.45) is 14.9. The predicted octanol–water partition coefficient (Wildman–Crippen LogP) is 6.00. The van der Waals surface area contributed by atoms with Gasteiger partial charge in [-0.2, -0.15) is 0 Å². The first-order valence-corrected chi connectivity index (χ1v) is 17.6. The third-order valence-electron chi connectivity index (χ3n) is 12.0. The van der Waals surface area contributed by atoms with Gasteiger partial charge in [0, 0.05) is 36.0 Å². The van der Waals surface area contributed by atoms with E-state index in [0.717, 1.165) is 19.3 Å². The second-order valence-corrected chi connectivity index (χ2v) is 15.0. The van der Waals surface area contributed by atoms with E-state index in [9.17, 15) is 29.7 Å². The van der Waals surface area contributed by atoms with Crippen molar-refractivity contribution in [2.75, 3.05) is 13.2 Å². The number of carbonyl (C=O) groups is 3. The average molecular weight is 631 g/mol. The topological polar surface area (TPSA) is 130 Å². The van der Waals surface area contributed by atoms with Crippen LogP contribution in [0.5, 0.6) is 0 Å². The normalized spacial score (nSPS) is 37.4. The number of ether oxygens (including phenoxy) is 2. The van der Waals surface area contributed by atoms with Crippen molar-refractivity contribution < 1.29 is 39.2 Å². The monoisotopic (exact) mass is 630 g/mol. The van der Waals surface area contributed by atoms with Gasteiger partial charge in [0.1, 0.15) is 17.8 Å². The number of ketones is 1. The van der Waals surface area contributed by atoms with Crippen LogP contribution in [-0.4, -0.2) is 63.1 Å². The molecule has 0 radical (unpaired) electrons. The Morgan fingerprint density at radius 3 is 2.24 bits per heavy atom. The minimum absolute atomic E-state index is 0.0243. The number of fused-ring (bicyclic) bond motifs is 5. The number of aliphatic hydroxyl groups excluding tert-OH is 1. The number of aliphatic hydroxyl groups is 3. The maximum atomic E-state index is 13.4. The van der Waals surface area contributed by atoms with Crippen LogP contribution in [0.1, 0.15) is 125 Å². The van der Waals surface area contributed by atoms with E-state index >= 15 is 0 Å². The van der Waals surface area contributed by atoms with E-state index < -0.39 is 51.7 Å². The van der Waals surface area contributed by atoms with Gasteiger partial charge in [0.05, 0.1) is 18.1 Å². The van der Waals surface area contributed by atoms with Gasteiger partial charge < -0.3 is 24.8 Å². The lowest BCUT2D eigenvalue weighted by atomic mass is 9.60. The summed E-state index contributed by atoms with van der Waals surface area (Å²) in [6.45, 7) is 11.1. The molecule has 2 saturated carbocycles. The maximum Gasteiger partial charge on any atom is 0.308 e. The first-order chi connectivity index (χ1) is 21.3. The number of esters is 2.